The van der Waals surface area contributed by atoms with Gasteiger partial charge in [-0.3, -0.25) is 10.6 Å². The molecule has 0 amide bonds. The van der Waals surface area contributed by atoms with Crippen LogP contribution in [0, 0.1) is 0 Å². The first-order valence-corrected chi connectivity index (χ1v) is 3.00. The quantitative estimate of drug-likeness (QED) is 0.330. The van der Waals surface area contributed by atoms with E-state index in [1.54, 1.807) is 0 Å². The van der Waals surface area contributed by atoms with Crippen molar-refractivity contribution in [1.29, 1.82) is 0 Å². The van der Waals surface area contributed by atoms with Crippen LogP contribution in [-0.4, -0.2) is 29.9 Å². The van der Waals surface area contributed by atoms with Crippen LogP contribution in [0.5, 0.6) is 0 Å². The second-order valence-corrected chi connectivity index (χ2v) is 2.19. The van der Waals surface area contributed by atoms with Crippen molar-refractivity contribution >= 4 is 5.78 Å². The Balaban J connectivity index is 3.75. The Morgan fingerprint density at radius 2 is 2.09 bits per heavy atom. The molecule has 0 aliphatic carbocycles. The molecule has 4 N–H and O–H groups in total. The van der Waals surface area contributed by atoms with Crippen LogP contribution >= 0.6 is 0 Å². The van der Waals surface area contributed by atoms with E-state index in [9.17, 15) is 13.6 Å². The summed E-state index contributed by atoms with van der Waals surface area (Å²) in [4.78, 5) is 10.4. The molecule has 6 heteroatoms. The second-order valence-electron chi connectivity index (χ2n) is 2.19. The van der Waals surface area contributed by atoms with Gasteiger partial charge in [0.2, 0.25) is 0 Å². The van der Waals surface area contributed by atoms with E-state index in [1.165, 1.54) is 6.92 Å². The van der Waals surface area contributed by atoms with Gasteiger partial charge in [0.05, 0.1) is 6.04 Å². The molecule has 11 heavy (non-hydrogen) atoms. The Hall–Kier alpha value is -0.590. The van der Waals surface area contributed by atoms with E-state index in [-0.39, 0.29) is 17.3 Å². The number of alkyl halides is 2. The first-order chi connectivity index (χ1) is 4.95. The molecule has 0 aromatic carbocycles. The van der Waals surface area contributed by atoms with Crippen LogP contribution < -0.4 is 11.6 Å². The summed E-state index contributed by atoms with van der Waals surface area (Å²) in [5.41, 5.74) is 5.15. The maximum Gasteiger partial charge on any atom is 0.306 e. The molecule has 0 heterocycles. The fourth-order valence-corrected chi connectivity index (χ4v) is 0.435. The fourth-order valence-electron chi connectivity index (χ4n) is 0.435. The van der Waals surface area contributed by atoms with E-state index in [2.05, 4.69) is 0 Å². The zero-order valence-corrected chi connectivity index (χ0v) is 6.13. The molecule has 0 spiro atoms. The number of nitrogens with zero attached hydrogens (tertiary/aromatic N) is 1. The van der Waals surface area contributed by atoms with Crippen LogP contribution in [0.2, 0.25) is 0 Å². The summed E-state index contributed by atoms with van der Waals surface area (Å²) in [6.07, 6.45) is 0. The van der Waals surface area contributed by atoms with E-state index in [0.29, 0.717) is 0 Å². The Labute approximate surface area is 63.1 Å². The molecule has 0 bridgehead atoms. The Kier molecular flexibility index (Phi) is 4.09. The number of rotatable bonds is 4. The highest BCUT2D eigenvalue weighted by atomic mass is 19.3. The van der Waals surface area contributed by atoms with Crippen LogP contribution in [0.15, 0.2) is 0 Å². The Morgan fingerprint density at radius 3 is 2.36 bits per heavy atom. The third kappa shape index (κ3) is 3.97. The smallest absolute Gasteiger partial charge is 0.306 e. The lowest BCUT2D eigenvalue weighted by atomic mass is 10.2. The van der Waals surface area contributed by atoms with Crippen molar-refractivity contribution in [2.45, 2.75) is 19.5 Å². The van der Waals surface area contributed by atoms with Crippen molar-refractivity contribution in [3.05, 3.63) is 0 Å². The van der Waals surface area contributed by atoms with Crippen LogP contribution in [0.4, 0.5) is 8.78 Å². The SMILES string of the molecule is CC(=O)C(N)CN(N)C(F)F. The highest BCUT2D eigenvalue weighted by molar-refractivity contribution is 5.81. The standard InChI is InChI=1S/C5H11F2N3O/c1-3(11)4(8)2-10(9)5(6)7/h4-5H,2,8-9H2,1H3. The largest absolute Gasteiger partial charge is 0.320 e. The summed E-state index contributed by atoms with van der Waals surface area (Å²) in [5.74, 6) is 4.45. The number of hydrogen-bond donors (Lipinski definition) is 2. The van der Waals surface area contributed by atoms with Gasteiger partial charge in [-0.1, -0.05) is 0 Å². The highest BCUT2D eigenvalue weighted by Crippen LogP contribution is 1.96. The number of carbonyl (C=O) groups excluding carboxylic acids is 1. The topological polar surface area (TPSA) is 72.4 Å². The third-order valence-electron chi connectivity index (χ3n) is 1.18. The average molecular weight is 167 g/mol. The van der Waals surface area contributed by atoms with Crippen molar-refractivity contribution in [2.24, 2.45) is 11.6 Å². The van der Waals surface area contributed by atoms with E-state index in [4.69, 9.17) is 11.6 Å². The van der Waals surface area contributed by atoms with Gasteiger partial charge < -0.3 is 5.73 Å². The predicted octanol–water partition coefficient (Wildman–Crippen LogP) is -0.699. The minimum Gasteiger partial charge on any atom is -0.320 e. The van der Waals surface area contributed by atoms with E-state index < -0.39 is 12.6 Å². The van der Waals surface area contributed by atoms with Crippen LogP contribution in [0.3, 0.4) is 0 Å². The molecule has 0 saturated carbocycles. The van der Waals surface area contributed by atoms with Crippen LogP contribution in [0.25, 0.3) is 0 Å². The monoisotopic (exact) mass is 167 g/mol. The number of Topliss-reactive ketones (excluding diaryl/α,β-unsaturated/α-hetero) is 1. The lowest BCUT2D eigenvalue weighted by molar-refractivity contribution is -0.119. The molecule has 0 aliphatic rings. The molecule has 0 aromatic rings. The highest BCUT2D eigenvalue weighted by Gasteiger charge is 2.17. The van der Waals surface area contributed by atoms with Gasteiger partial charge in [0.15, 0.2) is 0 Å². The normalized spacial score (nSPS) is 14.1. The summed E-state index contributed by atoms with van der Waals surface area (Å²) >= 11 is 0. The van der Waals surface area contributed by atoms with Gasteiger partial charge in [-0.2, -0.15) is 13.8 Å². The van der Waals surface area contributed by atoms with Crippen LogP contribution in [0.1, 0.15) is 6.92 Å². The molecule has 0 aromatic heterocycles. The van der Waals surface area contributed by atoms with E-state index in [0.717, 1.165) is 0 Å². The van der Waals surface area contributed by atoms with Crippen LogP contribution in [-0.2, 0) is 4.79 Å². The molecule has 66 valence electrons. The Bertz CT molecular complexity index is 142. The zero-order chi connectivity index (χ0) is 9.02. The predicted molar refractivity (Wildman–Crippen MR) is 35.6 cm³/mol. The second kappa shape index (κ2) is 4.32. The summed E-state index contributed by atoms with van der Waals surface area (Å²) in [7, 11) is 0. The van der Waals surface area contributed by atoms with Crippen molar-refractivity contribution in [2.75, 3.05) is 6.54 Å². The molecular formula is C5H11F2N3O. The van der Waals surface area contributed by atoms with Gasteiger partial charge in [0, 0.05) is 6.54 Å². The number of nitrogens with two attached hydrogens (primary N) is 2. The van der Waals surface area contributed by atoms with Gasteiger partial charge in [-0.05, 0) is 6.92 Å². The third-order valence-corrected chi connectivity index (χ3v) is 1.18. The van der Waals surface area contributed by atoms with E-state index >= 15 is 0 Å². The lowest BCUT2D eigenvalue weighted by Crippen LogP contribution is -2.47. The minimum atomic E-state index is -2.78. The molecular weight excluding hydrogens is 156 g/mol. The zero-order valence-electron chi connectivity index (χ0n) is 6.13. The Morgan fingerprint density at radius 1 is 1.64 bits per heavy atom. The van der Waals surface area contributed by atoms with Crippen molar-refractivity contribution in [3.63, 3.8) is 0 Å². The average Bonchev–Trinajstić information content (AvgIpc) is 1.87. The first kappa shape index (κ1) is 10.4. The molecule has 0 fully saturated rings. The summed E-state index contributed by atoms with van der Waals surface area (Å²) in [6, 6.07) is -0.936. The maximum absolute atomic E-state index is 11.7. The van der Waals surface area contributed by atoms with E-state index in [1.807, 2.05) is 0 Å². The minimum absolute atomic E-state index is 0.228. The fraction of sp³-hybridized carbons (Fsp3) is 0.800. The number of halogens is 2. The molecule has 0 saturated heterocycles. The number of hydrazine groups is 1. The van der Waals surface area contributed by atoms with Gasteiger partial charge in [0.25, 0.3) is 0 Å². The van der Waals surface area contributed by atoms with Gasteiger partial charge in [-0.15, -0.1) is 0 Å². The van der Waals surface area contributed by atoms with Crippen molar-refractivity contribution in [1.82, 2.24) is 5.01 Å². The number of hydrogen-bond acceptors (Lipinski definition) is 4. The molecule has 1 unspecified atom stereocenters. The number of carbonyl (C=O) groups is 1. The molecule has 4 nitrogen and oxygen atoms in total. The molecule has 0 aliphatic heterocycles. The molecule has 0 radical (unpaired) electrons. The van der Waals surface area contributed by atoms with Gasteiger partial charge in [0.1, 0.15) is 5.78 Å². The van der Waals surface area contributed by atoms with Crippen molar-refractivity contribution in [3.8, 4) is 0 Å². The van der Waals surface area contributed by atoms with Crippen molar-refractivity contribution < 1.29 is 13.6 Å². The number of ketones is 1. The summed E-state index contributed by atoms with van der Waals surface area (Å²) in [5, 5.41) is 0.228. The summed E-state index contributed by atoms with van der Waals surface area (Å²) in [6.45, 7) is -1.88. The molecule has 0 rings (SSSR count). The lowest BCUT2D eigenvalue weighted by Gasteiger charge is -2.17. The van der Waals surface area contributed by atoms with Gasteiger partial charge in [-0.25, -0.2) is 0 Å². The van der Waals surface area contributed by atoms with Gasteiger partial charge >= 0.3 is 6.55 Å². The summed E-state index contributed by atoms with van der Waals surface area (Å²) < 4.78 is 23.4. The molecule has 1 atom stereocenters. The maximum atomic E-state index is 11.7. The first-order valence-electron chi connectivity index (χ1n) is 3.00.